The van der Waals surface area contributed by atoms with Gasteiger partial charge in [-0.3, -0.25) is 9.79 Å². The van der Waals surface area contributed by atoms with Crippen molar-refractivity contribution in [3.63, 3.8) is 0 Å². The van der Waals surface area contributed by atoms with Gasteiger partial charge in [0.05, 0.1) is 29.4 Å². The van der Waals surface area contributed by atoms with Gasteiger partial charge in [-0.2, -0.15) is 9.41 Å². The fourth-order valence-electron chi connectivity index (χ4n) is 3.65. The van der Waals surface area contributed by atoms with E-state index in [1.54, 1.807) is 35.5 Å². The van der Waals surface area contributed by atoms with E-state index in [9.17, 15) is 13.2 Å². The number of ether oxygens (including phenoxy) is 1. The minimum Gasteiger partial charge on any atom is -0.379 e. The zero-order chi connectivity index (χ0) is 21.3. The van der Waals surface area contributed by atoms with Crippen LogP contribution in [0.4, 0.5) is 0 Å². The highest BCUT2D eigenvalue weighted by Gasteiger charge is 2.30. The summed E-state index contributed by atoms with van der Waals surface area (Å²) in [5.74, 6) is -0.237. The van der Waals surface area contributed by atoms with E-state index in [0.717, 1.165) is 23.4 Å². The van der Waals surface area contributed by atoms with Crippen molar-refractivity contribution in [2.45, 2.75) is 37.9 Å². The number of aliphatic imine (C=N–C) groups is 1. The number of benzene rings is 1. The number of fused-ring (bicyclic) bond motifs is 1. The smallest absolute Gasteiger partial charge is 0.254 e. The van der Waals surface area contributed by atoms with Crippen LogP contribution in [0.2, 0.25) is 0 Å². The van der Waals surface area contributed by atoms with Gasteiger partial charge in [-0.25, -0.2) is 13.4 Å². The number of carbonyl (C=O) groups excluding carboxylic acids is 1. The van der Waals surface area contributed by atoms with Crippen molar-refractivity contribution in [3.05, 3.63) is 41.1 Å². The second kappa shape index (κ2) is 8.29. The number of allylic oxidation sites excluding steroid dienone is 1. The van der Waals surface area contributed by atoms with Crippen molar-refractivity contribution < 1.29 is 17.9 Å². The van der Waals surface area contributed by atoms with Crippen molar-refractivity contribution in [2.24, 2.45) is 10.1 Å². The average molecular weight is 432 g/mol. The number of morpholine rings is 1. The van der Waals surface area contributed by atoms with Gasteiger partial charge in [0.2, 0.25) is 10.0 Å². The number of nitrogens with zero attached hydrogens (tertiary/aromatic N) is 4. The Morgan fingerprint density at radius 3 is 2.60 bits per heavy atom. The summed E-state index contributed by atoms with van der Waals surface area (Å²) in [5.41, 5.74) is 3.06. The van der Waals surface area contributed by atoms with Gasteiger partial charge < -0.3 is 10.1 Å². The minimum absolute atomic E-state index is 0.0532. The Bertz CT molecular complexity index is 1020. The third-order valence-electron chi connectivity index (χ3n) is 5.38. The second-order valence-corrected chi connectivity index (χ2v) is 9.42. The van der Waals surface area contributed by atoms with E-state index in [2.05, 4.69) is 15.4 Å². The Morgan fingerprint density at radius 1 is 1.20 bits per heavy atom. The second-order valence-electron chi connectivity index (χ2n) is 7.48. The van der Waals surface area contributed by atoms with E-state index < -0.39 is 10.0 Å². The summed E-state index contributed by atoms with van der Waals surface area (Å²) in [7, 11) is -3.52. The normalized spacial score (nSPS) is 22.1. The number of hydrogen-bond donors (Lipinski definition) is 1. The molecule has 1 saturated heterocycles. The van der Waals surface area contributed by atoms with Crippen LogP contribution in [0.15, 0.2) is 50.5 Å². The molecule has 0 aliphatic carbocycles. The molecular weight excluding hydrogens is 406 g/mol. The lowest BCUT2D eigenvalue weighted by Gasteiger charge is -2.26. The zero-order valence-corrected chi connectivity index (χ0v) is 17.9. The van der Waals surface area contributed by atoms with Gasteiger partial charge in [0.1, 0.15) is 6.17 Å². The molecule has 1 N–H and O–H groups in total. The molecule has 3 aliphatic rings. The van der Waals surface area contributed by atoms with Gasteiger partial charge in [-0.1, -0.05) is 12.1 Å². The van der Waals surface area contributed by atoms with Crippen LogP contribution in [0.5, 0.6) is 0 Å². The number of nitrogens with one attached hydrogen (secondary N) is 1. The van der Waals surface area contributed by atoms with Crippen molar-refractivity contribution >= 4 is 27.9 Å². The van der Waals surface area contributed by atoms with E-state index in [4.69, 9.17) is 4.74 Å². The van der Waals surface area contributed by atoms with Crippen molar-refractivity contribution in [1.29, 1.82) is 0 Å². The summed E-state index contributed by atoms with van der Waals surface area (Å²) in [6, 6.07) is 6.58. The SMILES string of the molecule is CC1=NN2C(C)=C(C(=O)NCc3ccc(S(=O)(=O)N4CCOCC4)cc3)C=NC2C1. The number of sulfonamides is 1. The van der Waals surface area contributed by atoms with Gasteiger partial charge in [0.15, 0.2) is 0 Å². The number of hydrogen-bond acceptors (Lipinski definition) is 7. The maximum atomic E-state index is 12.7. The Morgan fingerprint density at radius 2 is 1.90 bits per heavy atom. The number of rotatable bonds is 5. The first-order valence-electron chi connectivity index (χ1n) is 9.88. The van der Waals surface area contributed by atoms with Gasteiger partial charge in [-0.05, 0) is 31.5 Å². The van der Waals surface area contributed by atoms with E-state index in [1.165, 1.54) is 4.31 Å². The topological polar surface area (TPSA) is 104 Å². The summed E-state index contributed by atoms with van der Waals surface area (Å²) in [5, 5.41) is 9.10. The van der Waals surface area contributed by atoms with Crippen molar-refractivity contribution in [1.82, 2.24) is 14.6 Å². The molecule has 1 unspecified atom stereocenters. The lowest BCUT2D eigenvalue weighted by atomic mass is 10.1. The summed E-state index contributed by atoms with van der Waals surface area (Å²) >= 11 is 0. The molecule has 0 radical (unpaired) electrons. The molecule has 4 rings (SSSR count). The first-order chi connectivity index (χ1) is 14.4. The molecule has 10 heteroatoms. The molecular formula is C20H25N5O4S. The largest absolute Gasteiger partial charge is 0.379 e. The predicted molar refractivity (Wildman–Crippen MR) is 112 cm³/mol. The third-order valence-corrected chi connectivity index (χ3v) is 7.29. The van der Waals surface area contributed by atoms with Gasteiger partial charge in [-0.15, -0.1) is 0 Å². The Labute approximate surface area is 176 Å². The Balaban J connectivity index is 1.40. The molecule has 0 bridgehead atoms. The molecule has 0 spiro atoms. The quantitative estimate of drug-likeness (QED) is 0.752. The van der Waals surface area contributed by atoms with E-state index in [-0.39, 0.29) is 23.5 Å². The molecule has 30 heavy (non-hydrogen) atoms. The molecule has 1 aromatic rings. The summed E-state index contributed by atoms with van der Waals surface area (Å²) < 4.78 is 32.0. The van der Waals surface area contributed by atoms with Crippen LogP contribution in [0.1, 0.15) is 25.8 Å². The highest BCUT2D eigenvalue weighted by atomic mass is 32.2. The fourth-order valence-corrected chi connectivity index (χ4v) is 5.06. The molecule has 1 fully saturated rings. The van der Waals surface area contributed by atoms with Crippen LogP contribution in [0.25, 0.3) is 0 Å². The average Bonchev–Trinajstić information content (AvgIpc) is 3.14. The van der Waals surface area contributed by atoms with Crippen LogP contribution in [0, 0.1) is 0 Å². The zero-order valence-electron chi connectivity index (χ0n) is 17.0. The monoisotopic (exact) mass is 431 g/mol. The van der Waals surface area contributed by atoms with Gasteiger partial charge >= 0.3 is 0 Å². The Hall–Kier alpha value is -2.56. The molecule has 3 heterocycles. The third kappa shape index (κ3) is 4.03. The van der Waals surface area contributed by atoms with Crippen LogP contribution in [-0.2, 0) is 26.1 Å². The van der Waals surface area contributed by atoms with Gasteiger partial charge in [0, 0.05) is 38.0 Å². The number of carbonyl (C=O) groups is 1. The first kappa shape index (κ1) is 20.7. The molecule has 0 saturated carbocycles. The molecule has 3 aliphatic heterocycles. The van der Waals surface area contributed by atoms with Crippen molar-refractivity contribution in [3.8, 4) is 0 Å². The van der Waals surface area contributed by atoms with E-state index in [0.29, 0.717) is 31.9 Å². The standard InChI is InChI=1S/C20H25N5O4S/c1-14-11-19-21-13-18(15(2)25(19)23-14)20(26)22-12-16-3-5-17(6-4-16)30(27,28)24-7-9-29-10-8-24/h3-6,13,19H,7-12H2,1-2H3,(H,22,26). The predicted octanol–water partition coefficient (Wildman–Crippen LogP) is 1.09. The van der Waals surface area contributed by atoms with E-state index in [1.807, 2.05) is 13.8 Å². The minimum atomic E-state index is -3.52. The van der Waals surface area contributed by atoms with Crippen LogP contribution >= 0.6 is 0 Å². The summed E-state index contributed by atoms with van der Waals surface area (Å²) in [6.45, 7) is 5.63. The number of amides is 1. The summed E-state index contributed by atoms with van der Waals surface area (Å²) in [6.07, 6.45) is 2.32. The summed E-state index contributed by atoms with van der Waals surface area (Å²) in [4.78, 5) is 17.3. The fraction of sp³-hybridized carbons (Fsp3) is 0.450. The van der Waals surface area contributed by atoms with Crippen molar-refractivity contribution in [2.75, 3.05) is 26.3 Å². The van der Waals surface area contributed by atoms with Crippen LogP contribution in [0.3, 0.4) is 0 Å². The van der Waals surface area contributed by atoms with Crippen LogP contribution < -0.4 is 5.32 Å². The maximum Gasteiger partial charge on any atom is 0.254 e. The lowest BCUT2D eigenvalue weighted by molar-refractivity contribution is -0.117. The Kier molecular flexibility index (Phi) is 5.72. The number of hydrazone groups is 1. The highest BCUT2D eigenvalue weighted by Crippen LogP contribution is 2.26. The lowest BCUT2D eigenvalue weighted by Crippen LogP contribution is -2.40. The van der Waals surface area contributed by atoms with Gasteiger partial charge in [0.25, 0.3) is 5.91 Å². The molecule has 9 nitrogen and oxygen atoms in total. The molecule has 1 amide bonds. The molecule has 160 valence electrons. The van der Waals surface area contributed by atoms with E-state index >= 15 is 0 Å². The first-order valence-corrected chi connectivity index (χ1v) is 11.3. The molecule has 1 aromatic carbocycles. The molecule has 1 atom stereocenters. The van der Waals surface area contributed by atoms with Crippen LogP contribution in [-0.4, -0.2) is 68.0 Å². The molecule has 0 aromatic heterocycles. The highest BCUT2D eigenvalue weighted by molar-refractivity contribution is 7.89. The maximum absolute atomic E-state index is 12.7.